The quantitative estimate of drug-likeness (QED) is 0.583. The highest BCUT2D eigenvalue weighted by Crippen LogP contribution is 2.41. The molecule has 0 fully saturated rings. The van der Waals surface area contributed by atoms with E-state index in [1.165, 1.54) is 11.1 Å². The van der Waals surface area contributed by atoms with Gasteiger partial charge in [-0.2, -0.15) is 0 Å². The minimum absolute atomic E-state index is 0.0717. The van der Waals surface area contributed by atoms with E-state index in [1.54, 1.807) is 0 Å². The Hall–Kier alpha value is -3.07. The number of rotatable bonds is 3. The normalized spacial score (nSPS) is 18.3. The zero-order valence-corrected chi connectivity index (χ0v) is 17.6. The molecule has 0 bridgehead atoms. The average Bonchev–Trinajstić information content (AvgIpc) is 2.70. The monoisotopic (exact) mass is 384 g/mol. The molecule has 1 N–H and O–H groups in total. The minimum Gasteiger partial charge on any atom is -0.378 e. The number of carbonyl (C=O) groups excluding carboxylic acids is 1. The van der Waals surface area contributed by atoms with Gasteiger partial charge in [-0.1, -0.05) is 54.1 Å². The van der Waals surface area contributed by atoms with Gasteiger partial charge in [-0.25, -0.2) is 0 Å². The fourth-order valence-corrected chi connectivity index (χ4v) is 4.28. The van der Waals surface area contributed by atoms with Crippen LogP contribution in [0.25, 0.3) is 0 Å². The van der Waals surface area contributed by atoms with Crippen molar-refractivity contribution in [1.29, 1.82) is 0 Å². The van der Waals surface area contributed by atoms with Crippen molar-refractivity contribution in [3.63, 3.8) is 0 Å². The second kappa shape index (κ2) is 7.75. The van der Waals surface area contributed by atoms with Gasteiger partial charge in [0.2, 0.25) is 0 Å². The maximum atomic E-state index is 13.5. The Morgan fingerprint density at radius 2 is 1.59 bits per heavy atom. The Morgan fingerprint density at radius 1 is 0.897 bits per heavy atom. The zero-order valence-electron chi connectivity index (χ0n) is 17.6. The van der Waals surface area contributed by atoms with Crippen molar-refractivity contribution in [1.82, 2.24) is 0 Å². The van der Waals surface area contributed by atoms with Crippen molar-refractivity contribution in [2.75, 3.05) is 10.2 Å². The van der Waals surface area contributed by atoms with E-state index >= 15 is 0 Å². The number of nitrogens with zero attached hydrogens (tertiary/aromatic N) is 1. The number of para-hydroxylation sites is 2. The van der Waals surface area contributed by atoms with E-state index in [9.17, 15) is 4.79 Å². The van der Waals surface area contributed by atoms with Gasteiger partial charge < -0.3 is 10.2 Å². The molecule has 0 radical (unpaired) electrons. The van der Waals surface area contributed by atoms with Gasteiger partial charge in [0.15, 0.2) is 0 Å². The number of carbonyl (C=O) groups is 1. The molecule has 3 nitrogen and oxygen atoms in total. The summed E-state index contributed by atoms with van der Waals surface area (Å²) < 4.78 is 0. The van der Waals surface area contributed by atoms with E-state index in [0.717, 1.165) is 34.5 Å². The van der Waals surface area contributed by atoms with Crippen LogP contribution in [0.1, 0.15) is 52.0 Å². The van der Waals surface area contributed by atoms with Gasteiger partial charge in [0.1, 0.15) is 0 Å². The van der Waals surface area contributed by atoms with Gasteiger partial charge in [0.05, 0.1) is 11.7 Å². The second-order valence-electron chi connectivity index (χ2n) is 8.15. The SMILES string of the molecule is Cc1ccc(C(=O)N2c3c(C)cccc3[C@H](Nc3ccccc3C)C[C@@H]2C)cc1. The Labute approximate surface area is 173 Å². The first-order chi connectivity index (χ1) is 14.0. The van der Waals surface area contributed by atoms with Crippen LogP contribution in [0.15, 0.2) is 66.7 Å². The third kappa shape index (κ3) is 3.65. The maximum Gasteiger partial charge on any atom is 0.258 e. The summed E-state index contributed by atoms with van der Waals surface area (Å²) in [7, 11) is 0. The zero-order chi connectivity index (χ0) is 20.5. The summed E-state index contributed by atoms with van der Waals surface area (Å²) in [6.45, 7) is 8.41. The van der Waals surface area contributed by atoms with Crippen LogP contribution in [0, 0.1) is 20.8 Å². The van der Waals surface area contributed by atoms with E-state index in [0.29, 0.717) is 0 Å². The van der Waals surface area contributed by atoms with Gasteiger partial charge in [0, 0.05) is 17.3 Å². The summed E-state index contributed by atoms with van der Waals surface area (Å²) in [5, 5.41) is 3.73. The molecule has 1 heterocycles. The van der Waals surface area contributed by atoms with Gasteiger partial charge in [-0.3, -0.25) is 4.79 Å². The van der Waals surface area contributed by atoms with Crippen LogP contribution in [0.2, 0.25) is 0 Å². The number of hydrogen-bond donors (Lipinski definition) is 1. The molecule has 0 aliphatic carbocycles. The fraction of sp³-hybridized carbons (Fsp3) is 0.269. The number of fused-ring (bicyclic) bond motifs is 1. The number of benzene rings is 3. The largest absolute Gasteiger partial charge is 0.378 e. The molecule has 3 aromatic carbocycles. The molecular weight excluding hydrogens is 356 g/mol. The van der Waals surface area contributed by atoms with Crippen LogP contribution in [0.5, 0.6) is 0 Å². The summed E-state index contributed by atoms with van der Waals surface area (Å²) in [4.78, 5) is 15.5. The van der Waals surface area contributed by atoms with Gasteiger partial charge >= 0.3 is 0 Å². The van der Waals surface area contributed by atoms with Crippen LogP contribution in [-0.2, 0) is 0 Å². The predicted octanol–water partition coefficient (Wildman–Crippen LogP) is 6.20. The van der Waals surface area contributed by atoms with Gasteiger partial charge in [-0.05, 0) is 69.0 Å². The molecule has 0 saturated carbocycles. The van der Waals surface area contributed by atoms with Crippen LogP contribution in [0.3, 0.4) is 0 Å². The molecule has 1 aliphatic rings. The summed E-state index contributed by atoms with van der Waals surface area (Å²) in [5.41, 5.74) is 7.64. The molecule has 0 aromatic heterocycles. The minimum atomic E-state index is 0.0717. The van der Waals surface area contributed by atoms with Crippen molar-refractivity contribution in [2.45, 2.75) is 46.2 Å². The van der Waals surface area contributed by atoms with Crippen molar-refractivity contribution in [3.8, 4) is 0 Å². The lowest BCUT2D eigenvalue weighted by Crippen LogP contribution is -2.44. The highest BCUT2D eigenvalue weighted by Gasteiger charge is 2.35. The lowest BCUT2D eigenvalue weighted by Gasteiger charge is -2.41. The molecular formula is C26H28N2O. The summed E-state index contributed by atoms with van der Waals surface area (Å²) in [6, 6.07) is 22.8. The molecule has 29 heavy (non-hydrogen) atoms. The number of anilines is 2. The van der Waals surface area contributed by atoms with Crippen molar-refractivity contribution >= 4 is 17.3 Å². The Bertz CT molecular complexity index is 1040. The molecule has 148 valence electrons. The lowest BCUT2D eigenvalue weighted by molar-refractivity contribution is 0.0974. The predicted molar refractivity (Wildman–Crippen MR) is 121 cm³/mol. The molecule has 3 aromatic rings. The molecule has 1 aliphatic heterocycles. The first-order valence-corrected chi connectivity index (χ1v) is 10.3. The van der Waals surface area contributed by atoms with Crippen LogP contribution < -0.4 is 10.2 Å². The van der Waals surface area contributed by atoms with Crippen molar-refractivity contribution in [2.24, 2.45) is 0 Å². The number of hydrogen-bond acceptors (Lipinski definition) is 2. The van der Waals surface area contributed by atoms with Gasteiger partial charge in [0.25, 0.3) is 5.91 Å². The van der Waals surface area contributed by atoms with E-state index < -0.39 is 0 Å². The third-order valence-corrected chi connectivity index (χ3v) is 5.89. The van der Waals surface area contributed by atoms with E-state index in [2.05, 4.69) is 68.6 Å². The smallest absolute Gasteiger partial charge is 0.258 e. The van der Waals surface area contributed by atoms with Crippen LogP contribution in [-0.4, -0.2) is 11.9 Å². The summed E-state index contributed by atoms with van der Waals surface area (Å²) in [5.74, 6) is 0.0717. The first-order valence-electron chi connectivity index (χ1n) is 10.3. The van der Waals surface area contributed by atoms with Crippen LogP contribution >= 0.6 is 0 Å². The topological polar surface area (TPSA) is 32.3 Å². The molecule has 3 heteroatoms. The average molecular weight is 385 g/mol. The summed E-state index contributed by atoms with van der Waals surface area (Å²) >= 11 is 0. The first kappa shape index (κ1) is 19.3. The van der Waals surface area contributed by atoms with Crippen LogP contribution in [0.4, 0.5) is 11.4 Å². The third-order valence-electron chi connectivity index (χ3n) is 5.89. The molecule has 4 rings (SSSR count). The fourth-order valence-electron chi connectivity index (χ4n) is 4.28. The second-order valence-corrected chi connectivity index (χ2v) is 8.15. The lowest BCUT2D eigenvalue weighted by atomic mass is 9.88. The molecule has 1 amide bonds. The van der Waals surface area contributed by atoms with Gasteiger partial charge in [-0.15, -0.1) is 0 Å². The van der Waals surface area contributed by atoms with E-state index in [-0.39, 0.29) is 18.0 Å². The van der Waals surface area contributed by atoms with E-state index in [4.69, 9.17) is 0 Å². The number of amides is 1. The Balaban J connectivity index is 1.74. The number of nitrogens with one attached hydrogen (secondary N) is 1. The standard InChI is InChI=1S/C26H28N2O/c1-17-12-14-21(15-13-17)26(29)28-20(4)16-24(22-10-7-9-19(3)25(22)28)27-23-11-6-5-8-18(23)2/h5-15,20,24,27H,16H2,1-4H3/t20-,24+/m0/s1. The molecule has 0 unspecified atom stereocenters. The Morgan fingerprint density at radius 3 is 2.31 bits per heavy atom. The highest BCUT2D eigenvalue weighted by molar-refractivity contribution is 6.07. The van der Waals surface area contributed by atoms with E-state index in [1.807, 2.05) is 36.1 Å². The molecule has 2 atom stereocenters. The maximum absolute atomic E-state index is 13.5. The van der Waals surface area contributed by atoms with Crippen molar-refractivity contribution < 1.29 is 4.79 Å². The number of aryl methyl sites for hydroxylation is 3. The Kier molecular flexibility index (Phi) is 5.14. The van der Waals surface area contributed by atoms with Crippen molar-refractivity contribution in [3.05, 3.63) is 94.5 Å². The molecule has 0 spiro atoms. The summed E-state index contributed by atoms with van der Waals surface area (Å²) in [6.07, 6.45) is 0.863. The highest BCUT2D eigenvalue weighted by atomic mass is 16.2. The molecule has 0 saturated heterocycles.